The minimum Gasteiger partial charge on any atom is -0.464 e. The van der Waals surface area contributed by atoms with Gasteiger partial charge in [0.2, 0.25) is 0 Å². The normalized spacial score (nSPS) is 13.8. The van der Waals surface area contributed by atoms with Gasteiger partial charge in [-0.05, 0) is 33.8 Å². The lowest BCUT2D eigenvalue weighted by Crippen LogP contribution is -2.43. The summed E-state index contributed by atoms with van der Waals surface area (Å²) in [6.45, 7) is 6.35. The van der Waals surface area contributed by atoms with E-state index in [2.05, 4.69) is 10.1 Å². The maximum absolute atomic E-state index is 14.0. The van der Waals surface area contributed by atoms with Crippen molar-refractivity contribution in [3.05, 3.63) is 35.4 Å². The van der Waals surface area contributed by atoms with E-state index in [1.807, 2.05) is 0 Å². The number of aliphatic hydroxyl groups is 1. The van der Waals surface area contributed by atoms with Gasteiger partial charge in [-0.1, -0.05) is 6.07 Å². The number of carbonyl (C=O) groups excluding carboxylic acids is 2. The fourth-order valence-corrected chi connectivity index (χ4v) is 1.88. The molecule has 2 N–H and O–H groups in total. The highest BCUT2D eigenvalue weighted by atomic mass is 19.1. The summed E-state index contributed by atoms with van der Waals surface area (Å²) in [4.78, 5) is 23.7. The molecule has 0 aliphatic rings. The maximum Gasteiger partial charge on any atom is 0.408 e. The van der Waals surface area contributed by atoms with E-state index in [4.69, 9.17) is 4.74 Å². The first-order valence-electron chi connectivity index (χ1n) is 7.34. The first-order chi connectivity index (χ1) is 11.0. The Morgan fingerprint density at radius 1 is 1.29 bits per heavy atom. The van der Waals surface area contributed by atoms with E-state index in [1.54, 1.807) is 20.8 Å². The number of halogens is 2. The van der Waals surface area contributed by atoms with Crippen molar-refractivity contribution < 1.29 is 33.0 Å². The molecule has 0 saturated heterocycles. The van der Waals surface area contributed by atoms with Crippen LogP contribution in [0.25, 0.3) is 0 Å². The van der Waals surface area contributed by atoms with Crippen LogP contribution in [0.5, 0.6) is 0 Å². The molecular weight excluding hydrogens is 324 g/mol. The zero-order valence-electron chi connectivity index (χ0n) is 13.9. The zero-order chi connectivity index (χ0) is 18.5. The SMILES string of the molecule is CCOC(=O)C(O)C(NC(=O)OC(C)(C)C)c1ccc(F)cc1F. The molecule has 0 aromatic heterocycles. The predicted octanol–water partition coefficient (Wildman–Crippen LogP) is 2.45. The van der Waals surface area contributed by atoms with Gasteiger partial charge in [-0.15, -0.1) is 0 Å². The van der Waals surface area contributed by atoms with E-state index < -0.39 is 41.4 Å². The Hall–Kier alpha value is -2.22. The molecular formula is C16H21F2NO5. The number of benzene rings is 1. The third kappa shape index (κ3) is 5.77. The summed E-state index contributed by atoms with van der Waals surface area (Å²) < 4.78 is 36.8. The van der Waals surface area contributed by atoms with Crippen LogP contribution in [0.4, 0.5) is 13.6 Å². The molecule has 2 unspecified atom stereocenters. The summed E-state index contributed by atoms with van der Waals surface area (Å²) in [5.74, 6) is -2.92. The summed E-state index contributed by atoms with van der Waals surface area (Å²) in [6, 6.07) is 1.05. The number of nitrogens with one attached hydrogen (secondary N) is 1. The first-order valence-corrected chi connectivity index (χ1v) is 7.34. The zero-order valence-corrected chi connectivity index (χ0v) is 13.9. The van der Waals surface area contributed by atoms with Gasteiger partial charge in [0.05, 0.1) is 12.6 Å². The molecule has 24 heavy (non-hydrogen) atoms. The van der Waals surface area contributed by atoms with Crippen molar-refractivity contribution in [2.75, 3.05) is 6.61 Å². The van der Waals surface area contributed by atoms with Crippen LogP contribution < -0.4 is 5.32 Å². The number of ether oxygens (including phenoxy) is 2. The third-order valence-corrected chi connectivity index (χ3v) is 2.81. The Balaban J connectivity index is 3.11. The van der Waals surface area contributed by atoms with Crippen LogP contribution in [-0.2, 0) is 14.3 Å². The van der Waals surface area contributed by atoms with E-state index in [-0.39, 0.29) is 12.2 Å². The van der Waals surface area contributed by atoms with Gasteiger partial charge in [0, 0.05) is 11.6 Å². The second-order valence-corrected chi connectivity index (χ2v) is 5.99. The van der Waals surface area contributed by atoms with E-state index >= 15 is 0 Å². The molecule has 0 heterocycles. The average molecular weight is 345 g/mol. The Labute approximate surface area is 138 Å². The van der Waals surface area contributed by atoms with Crippen LogP contribution in [-0.4, -0.2) is 35.5 Å². The van der Waals surface area contributed by atoms with Gasteiger partial charge in [-0.25, -0.2) is 18.4 Å². The van der Waals surface area contributed by atoms with E-state index in [9.17, 15) is 23.5 Å². The molecule has 1 amide bonds. The lowest BCUT2D eigenvalue weighted by atomic mass is 10.0. The Morgan fingerprint density at radius 2 is 1.92 bits per heavy atom. The smallest absolute Gasteiger partial charge is 0.408 e. The number of esters is 1. The fourth-order valence-electron chi connectivity index (χ4n) is 1.88. The van der Waals surface area contributed by atoms with Crippen molar-refractivity contribution in [3.63, 3.8) is 0 Å². The summed E-state index contributed by atoms with van der Waals surface area (Å²) in [6.07, 6.45) is -2.86. The largest absolute Gasteiger partial charge is 0.464 e. The van der Waals surface area contributed by atoms with Crippen LogP contribution in [0.1, 0.15) is 39.3 Å². The Bertz CT molecular complexity index is 601. The minimum absolute atomic E-state index is 0.0129. The van der Waals surface area contributed by atoms with Gasteiger partial charge in [0.1, 0.15) is 17.2 Å². The van der Waals surface area contributed by atoms with Gasteiger partial charge in [-0.2, -0.15) is 0 Å². The number of rotatable bonds is 5. The highest BCUT2D eigenvalue weighted by Gasteiger charge is 2.33. The fraction of sp³-hybridized carbons (Fsp3) is 0.500. The third-order valence-electron chi connectivity index (χ3n) is 2.81. The van der Waals surface area contributed by atoms with Crippen LogP contribution in [0.3, 0.4) is 0 Å². The lowest BCUT2D eigenvalue weighted by molar-refractivity contribution is -0.154. The van der Waals surface area contributed by atoms with Crippen molar-refractivity contribution in [1.82, 2.24) is 5.32 Å². The molecule has 0 aliphatic carbocycles. The van der Waals surface area contributed by atoms with Gasteiger partial charge >= 0.3 is 12.1 Å². The van der Waals surface area contributed by atoms with Crippen LogP contribution in [0.2, 0.25) is 0 Å². The summed E-state index contributed by atoms with van der Waals surface area (Å²) >= 11 is 0. The number of aliphatic hydroxyl groups excluding tert-OH is 1. The minimum atomic E-state index is -1.89. The molecule has 1 aromatic rings. The topological polar surface area (TPSA) is 84.9 Å². The van der Waals surface area contributed by atoms with Gasteiger partial charge in [-0.3, -0.25) is 0 Å². The number of hydrogen-bond acceptors (Lipinski definition) is 5. The Kier molecular flexibility index (Phi) is 6.65. The number of carbonyl (C=O) groups is 2. The molecule has 0 spiro atoms. The molecule has 0 bridgehead atoms. The second-order valence-electron chi connectivity index (χ2n) is 5.99. The average Bonchev–Trinajstić information content (AvgIpc) is 2.43. The number of hydrogen-bond donors (Lipinski definition) is 2. The second kappa shape index (κ2) is 8.05. The number of amides is 1. The molecule has 6 nitrogen and oxygen atoms in total. The molecule has 1 aromatic carbocycles. The van der Waals surface area contributed by atoms with Gasteiger partial charge in [0.15, 0.2) is 6.10 Å². The number of alkyl carbamates (subject to hydrolysis) is 1. The molecule has 0 saturated carbocycles. The molecule has 8 heteroatoms. The van der Waals surface area contributed by atoms with Crippen LogP contribution in [0.15, 0.2) is 18.2 Å². The monoisotopic (exact) mass is 345 g/mol. The molecule has 1 rings (SSSR count). The molecule has 0 aliphatic heterocycles. The van der Waals surface area contributed by atoms with Gasteiger partial charge in [0.25, 0.3) is 0 Å². The van der Waals surface area contributed by atoms with Crippen LogP contribution >= 0.6 is 0 Å². The highest BCUT2D eigenvalue weighted by Crippen LogP contribution is 2.23. The van der Waals surface area contributed by atoms with Crippen molar-refractivity contribution >= 4 is 12.1 Å². The first kappa shape index (κ1) is 19.8. The van der Waals surface area contributed by atoms with Crippen LogP contribution in [0, 0.1) is 11.6 Å². The van der Waals surface area contributed by atoms with Crippen molar-refractivity contribution in [3.8, 4) is 0 Å². The quantitative estimate of drug-likeness (QED) is 0.801. The highest BCUT2D eigenvalue weighted by molar-refractivity contribution is 5.77. The summed E-state index contributed by atoms with van der Waals surface area (Å²) in [5.41, 5.74) is -1.12. The lowest BCUT2D eigenvalue weighted by Gasteiger charge is -2.26. The van der Waals surface area contributed by atoms with E-state index in [1.165, 1.54) is 6.92 Å². The molecule has 0 radical (unpaired) electrons. The standard InChI is InChI=1S/C16H21F2NO5/c1-5-23-14(21)13(20)12(19-15(22)24-16(2,3)4)10-7-6-9(17)8-11(10)18/h6-8,12-13,20H,5H2,1-4H3,(H,19,22). The van der Waals surface area contributed by atoms with Crippen molar-refractivity contribution in [2.24, 2.45) is 0 Å². The predicted molar refractivity (Wildman–Crippen MR) is 81.1 cm³/mol. The van der Waals surface area contributed by atoms with Crippen molar-refractivity contribution in [2.45, 2.75) is 45.4 Å². The van der Waals surface area contributed by atoms with Crippen molar-refractivity contribution in [1.29, 1.82) is 0 Å². The summed E-state index contributed by atoms with van der Waals surface area (Å²) in [7, 11) is 0. The molecule has 0 fully saturated rings. The molecule has 134 valence electrons. The molecule has 2 atom stereocenters. The Morgan fingerprint density at radius 3 is 2.42 bits per heavy atom. The van der Waals surface area contributed by atoms with E-state index in [0.29, 0.717) is 6.07 Å². The maximum atomic E-state index is 14.0. The van der Waals surface area contributed by atoms with E-state index in [0.717, 1.165) is 12.1 Å². The summed E-state index contributed by atoms with van der Waals surface area (Å²) in [5, 5.41) is 12.3. The van der Waals surface area contributed by atoms with Gasteiger partial charge < -0.3 is 19.9 Å².